The van der Waals surface area contributed by atoms with E-state index in [4.69, 9.17) is 4.74 Å². The van der Waals surface area contributed by atoms with E-state index in [9.17, 15) is 28.6 Å². The second kappa shape index (κ2) is 8.70. The Balaban J connectivity index is 2.25. The van der Waals surface area contributed by atoms with Crippen molar-refractivity contribution in [2.45, 2.75) is 12.5 Å². The van der Waals surface area contributed by atoms with Gasteiger partial charge in [-0.05, 0) is 43.9 Å². The second-order valence-electron chi connectivity index (χ2n) is 6.23. The summed E-state index contributed by atoms with van der Waals surface area (Å²) in [5.74, 6) is -4.00. The van der Waals surface area contributed by atoms with Crippen LogP contribution in [0, 0.1) is 11.6 Å². The standard InChI is InChI=1S/C19H19F2NO5/c1-22(2)10-13(23)9-18(24)27-17-6-3-11(7-15(17)19(25)26)14-5-4-12(20)8-16(14)21/h3-8,13,23H,9-10H2,1-2H3,(H,25,26). The van der Waals surface area contributed by atoms with Crippen LogP contribution in [0.1, 0.15) is 16.8 Å². The van der Waals surface area contributed by atoms with Gasteiger partial charge in [-0.1, -0.05) is 6.07 Å². The SMILES string of the molecule is CN(C)CC(O)CC(=O)Oc1ccc(-c2ccc(F)cc2F)cc1C(=O)O. The molecule has 0 spiro atoms. The average Bonchev–Trinajstić information content (AvgIpc) is 2.54. The summed E-state index contributed by atoms with van der Waals surface area (Å²) in [5.41, 5.74) is -0.151. The molecule has 8 heteroatoms. The number of esters is 1. The number of aliphatic hydroxyl groups excluding tert-OH is 1. The van der Waals surface area contributed by atoms with Crippen LogP contribution < -0.4 is 4.74 Å². The van der Waals surface area contributed by atoms with Crippen LogP contribution in [0.3, 0.4) is 0 Å². The zero-order valence-electron chi connectivity index (χ0n) is 14.8. The monoisotopic (exact) mass is 379 g/mol. The van der Waals surface area contributed by atoms with Gasteiger partial charge in [-0.3, -0.25) is 4.79 Å². The Morgan fingerprint density at radius 1 is 1.15 bits per heavy atom. The molecule has 0 bridgehead atoms. The van der Waals surface area contributed by atoms with Crippen LogP contribution in [-0.4, -0.2) is 53.8 Å². The van der Waals surface area contributed by atoms with Crippen LogP contribution in [0.25, 0.3) is 11.1 Å². The van der Waals surface area contributed by atoms with Gasteiger partial charge in [0, 0.05) is 18.2 Å². The fourth-order valence-electron chi connectivity index (χ4n) is 2.52. The molecule has 0 aromatic heterocycles. The normalized spacial score (nSPS) is 12.1. The molecule has 2 rings (SSSR count). The van der Waals surface area contributed by atoms with Crippen molar-refractivity contribution in [3.63, 3.8) is 0 Å². The van der Waals surface area contributed by atoms with Gasteiger partial charge in [-0.2, -0.15) is 0 Å². The van der Waals surface area contributed by atoms with Gasteiger partial charge in [0.2, 0.25) is 0 Å². The van der Waals surface area contributed by atoms with E-state index in [1.54, 1.807) is 19.0 Å². The van der Waals surface area contributed by atoms with Crippen LogP contribution in [0.15, 0.2) is 36.4 Å². The molecular weight excluding hydrogens is 360 g/mol. The van der Waals surface area contributed by atoms with Crippen molar-refractivity contribution in [2.24, 2.45) is 0 Å². The highest BCUT2D eigenvalue weighted by Crippen LogP contribution is 2.29. The van der Waals surface area contributed by atoms with Gasteiger partial charge in [0.1, 0.15) is 22.9 Å². The van der Waals surface area contributed by atoms with E-state index in [1.807, 2.05) is 0 Å². The first-order valence-electron chi connectivity index (χ1n) is 8.03. The van der Waals surface area contributed by atoms with E-state index in [0.29, 0.717) is 6.07 Å². The molecular formula is C19H19F2NO5. The highest BCUT2D eigenvalue weighted by atomic mass is 19.1. The van der Waals surface area contributed by atoms with Gasteiger partial charge in [0.25, 0.3) is 0 Å². The van der Waals surface area contributed by atoms with Crippen molar-refractivity contribution >= 4 is 11.9 Å². The lowest BCUT2D eigenvalue weighted by atomic mass is 10.0. The topological polar surface area (TPSA) is 87.1 Å². The summed E-state index contributed by atoms with van der Waals surface area (Å²) in [6, 6.07) is 6.65. The molecule has 0 aliphatic heterocycles. The number of hydrogen-bond acceptors (Lipinski definition) is 5. The van der Waals surface area contributed by atoms with Gasteiger partial charge in [0.05, 0.1) is 12.5 Å². The first kappa shape index (κ1) is 20.5. The third kappa shape index (κ3) is 5.57. The summed E-state index contributed by atoms with van der Waals surface area (Å²) in [6.45, 7) is 0.240. The first-order valence-corrected chi connectivity index (χ1v) is 8.03. The molecule has 2 aromatic rings. The molecule has 0 heterocycles. The molecule has 0 fully saturated rings. The molecule has 0 saturated carbocycles. The molecule has 0 saturated heterocycles. The largest absolute Gasteiger partial charge is 0.478 e. The van der Waals surface area contributed by atoms with Crippen LogP contribution in [0.5, 0.6) is 5.75 Å². The minimum atomic E-state index is -1.38. The number of aliphatic hydroxyl groups is 1. The zero-order valence-corrected chi connectivity index (χ0v) is 14.8. The molecule has 0 aliphatic rings. The predicted molar refractivity (Wildman–Crippen MR) is 93.6 cm³/mol. The summed E-state index contributed by atoms with van der Waals surface area (Å²) in [5, 5.41) is 19.1. The van der Waals surface area contributed by atoms with E-state index in [1.165, 1.54) is 18.2 Å². The van der Waals surface area contributed by atoms with Gasteiger partial charge in [-0.15, -0.1) is 0 Å². The number of carbonyl (C=O) groups excluding carboxylic acids is 1. The van der Waals surface area contributed by atoms with Crippen molar-refractivity contribution in [3.8, 4) is 16.9 Å². The van der Waals surface area contributed by atoms with Crippen molar-refractivity contribution in [1.82, 2.24) is 4.90 Å². The molecule has 6 nitrogen and oxygen atoms in total. The number of carboxylic acid groups (broad SMARTS) is 1. The third-order valence-corrected chi connectivity index (χ3v) is 3.65. The summed E-state index contributed by atoms with van der Waals surface area (Å²) in [4.78, 5) is 25.1. The van der Waals surface area contributed by atoms with Crippen LogP contribution in [0.2, 0.25) is 0 Å². The molecule has 0 radical (unpaired) electrons. The van der Waals surface area contributed by atoms with Crippen molar-refractivity contribution in [1.29, 1.82) is 0 Å². The Morgan fingerprint density at radius 3 is 2.44 bits per heavy atom. The zero-order chi connectivity index (χ0) is 20.1. The number of nitrogens with zero attached hydrogens (tertiary/aromatic N) is 1. The lowest BCUT2D eigenvalue weighted by Crippen LogP contribution is -2.29. The van der Waals surface area contributed by atoms with Crippen molar-refractivity contribution in [2.75, 3.05) is 20.6 Å². The smallest absolute Gasteiger partial charge is 0.339 e. The summed E-state index contributed by atoms with van der Waals surface area (Å²) >= 11 is 0. The lowest BCUT2D eigenvalue weighted by molar-refractivity contribution is -0.136. The van der Waals surface area contributed by atoms with E-state index >= 15 is 0 Å². The number of rotatable bonds is 7. The molecule has 27 heavy (non-hydrogen) atoms. The van der Waals surface area contributed by atoms with E-state index in [0.717, 1.165) is 12.1 Å². The second-order valence-corrected chi connectivity index (χ2v) is 6.23. The number of halogens is 2. The number of carboxylic acids is 1. The summed E-state index contributed by atoms with van der Waals surface area (Å²) in [6.07, 6.45) is -1.28. The van der Waals surface area contributed by atoms with Crippen LogP contribution >= 0.6 is 0 Å². The van der Waals surface area contributed by atoms with Gasteiger partial charge in [0.15, 0.2) is 0 Å². The number of carbonyl (C=O) groups is 2. The lowest BCUT2D eigenvalue weighted by Gasteiger charge is -2.15. The predicted octanol–water partition coefficient (Wildman–Crippen LogP) is 2.55. The molecule has 1 atom stereocenters. The number of likely N-dealkylation sites (N-methyl/N-ethyl adjacent to an activating group) is 1. The maximum absolute atomic E-state index is 13.9. The number of benzene rings is 2. The van der Waals surface area contributed by atoms with Gasteiger partial charge in [-0.25, -0.2) is 13.6 Å². The molecule has 2 aromatic carbocycles. The maximum Gasteiger partial charge on any atom is 0.339 e. The van der Waals surface area contributed by atoms with E-state index < -0.39 is 29.7 Å². The summed E-state index contributed by atoms with van der Waals surface area (Å²) in [7, 11) is 3.45. The average molecular weight is 379 g/mol. The fourth-order valence-corrected chi connectivity index (χ4v) is 2.52. The maximum atomic E-state index is 13.9. The first-order chi connectivity index (χ1) is 12.7. The number of ether oxygens (including phenoxy) is 1. The van der Waals surface area contributed by atoms with E-state index in [2.05, 4.69) is 0 Å². The van der Waals surface area contributed by atoms with Gasteiger partial charge < -0.3 is 19.8 Å². The minimum Gasteiger partial charge on any atom is -0.478 e. The molecule has 144 valence electrons. The third-order valence-electron chi connectivity index (χ3n) is 3.65. The quantitative estimate of drug-likeness (QED) is 0.568. The Kier molecular flexibility index (Phi) is 6.59. The Morgan fingerprint density at radius 2 is 1.85 bits per heavy atom. The Bertz CT molecular complexity index is 854. The Labute approximate surface area is 154 Å². The summed E-state index contributed by atoms with van der Waals surface area (Å²) < 4.78 is 32.0. The highest BCUT2D eigenvalue weighted by Gasteiger charge is 2.19. The molecule has 0 amide bonds. The number of aromatic carboxylic acids is 1. The number of hydrogen-bond donors (Lipinski definition) is 2. The van der Waals surface area contributed by atoms with Crippen LogP contribution in [0.4, 0.5) is 8.78 Å². The van der Waals surface area contributed by atoms with Crippen molar-refractivity contribution < 1.29 is 33.3 Å². The van der Waals surface area contributed by atoms with Crippen LogP contribution in [-0.2, 0) is 4.79 Å². The fraction of sp³-hybridized carbons (Fsp3) is 0.263. The minimum absolute atomic E-state index is 0.0122. The molecule has 2 N–H and O–H groups in total. The molecule has 1 unspecified atom stereocenters. The van der Waals surface area contributed by atoms with E-state index in [-0.39, 0.29) is 35.4 Å². The van der Waals surface area contributed by atoms with Gasteiger partial charge >= 0.3 is 11.9 Å². The Hall–Kier alpha value is -2.84. The highest BCUT2D eigenvalue weighted by molar-refractivity contribution is 5.93. The molecule has 0 aliphatic carbocycles. The van der Waals surface area contributed by atoms with Crippen molar-refractivity contribution in [3.05, 3.63) is 53.6 Å².